The smallest absolute Gasteiger partial charge is 0.163 e. The van der Waals surface area contributed by atoms with Crippen LogP contribution in [0.2, 0.25) is 0 Å². The minimum Gasteiger partial charge on any atom is -0.497 e. The molecule has 1 aromatic carbocycles. The van der Waals surface area contributed by atoms with E-state index >= 15 is 0 Å². The van der Waals surface area contributed by atoms with E-state index in [1.54, 1.807) is 7.11 Å². The molecule has 17 heavy (non-hydrogen) atoms. The van der Waals surface area contributed by atoms with Crippen molar-refractivity contribution in [2.75, 3.05) is 13.7 Å². The molecule has 0 radical (unpaired) electrons. The van der Waals surface area contributed by atoms with Gasteiger partial charge in [0.25, 0.3) is 0 Å². The van der Waals surface area contributed by atoms with Gasteiger partial charge in [-0.15, -0.1) is 0 Å². The average molecular weight is 236 g/mol. The first-order valence-corrected chi connectivity index (χ1v) is 5.67. The van der Waals surface area contributed by atoms with Crippen molar-refractivity contribution in [1.82, 2.24) is 0 Å². The maximum absolute atomic E-state index is 11.6. The third kappa shape index (κ3) is 4.57. The van der Waals surface area contributed by atoms with Gasteiger partial charge in [0.05, 0.1) is 13.7 Å². The fraction of sp³-hybridized carbons (Fsp3) is 0.500. The maximum atomic E-state index is 11.6. The van der Waals surface area contributed by atoms with Crippen LogP contribution in [0.15, 0.2) is 24.3 Å². The largest absolute Gasteiger partial charge is 0.497 e. The fourth-order valence-corrected chi connectivity index (χ4v) is 1.20. The third-order valence-corrected chi connectivity index (χ3v) is 2.50. The molecule has 0 unspecified atom stereocenters. The summed E-state index contributed by atoms with van der Waals surface area (Å²) in [5.74, 6) is 0.936. The van der Waals surface area contributed by atoms with Crippen LogP contribution < -0.4 is 4.74 Å². The molecule has 0 saturated heterocycles. The molecule has 0 atom stereocenters. The standard InChI is InChI=1S/C14H20O3/c1-14(2,3)13(15)10-17-9-11-5-7-12(16-4)8-6-11/h5-8H,9-10H2,1-4H3. The summed E-state index contributed by atoms with van der Waals surface area (Å²) in [5, 5.41) is 0. The number of Topliss-reactive ketones (excluding diaryl/α,β-unsaturated/α-hetero) is 1. The lowest BCUT2D eigenvalue weighted by Gasteiger charge is -2.16. The van der Waals surface area contributed by atoms with Gasteiger partial charge in [-0.1, -0.05) is 32.9 Å². The Kier molecular flexibility index (Phi) is 4.70. The van der Waals surface area contributed by atoms with E-state index < -0.39 is 0 Å². The van der Waals surface area contributed by atoms with Crippen molar-refractivity contribution in [2.45, 2.75) is 27.4 Å². The van der Waals surface area contributed by atoms with Crippen LogP contribution in [0.1, 0.15) is 26.3 Å². The Morgan fingerprint density at radius 1 is 1.18 bits per heavy atom. The van der Waals surface area contributed by atoms with Crippen molar-refractivity contribution in [2.24, 2.45) is 5.41 Å². The molecule has 0 aliphatic heterocycles. The highest BCUT2D eigenvalue weighted by atomic mass is 16.5. The lowest BCUT2D eigenvalue weighted by molar-refractivity contribution is -0.131. The second-order valence-electron chi connectivity index (χ2n) is 5.01. The van der Waals surface area contributed by atoms with Gasteiger partial charge in [-0.3, -0.25) is 4.79 Å². The Morgan fingerprint density at radius 2 is 1.76 bits per heavy atom. The van der Waals surface area contributed by atoms with Gasteiger partial charge in [-0.25, -0.2) is 0 Å². The van der Waals surface area contributed by atoms with Gasteiger partial charge in [0.15, 0.2) is 5.78 Å². The molecule has 0 amide bonds. The molecule has 0 saturated carbocycles. The van der Waals surface area contributed by atoms with E-state index in [-0.39, 0.29) is 17.8 Å². The number of hydrogen-bond acceptors (Lipinski definition) is 3. The number of methoxy groups -OCH3 is 1. The Morgan fingerprint density at radius 3 is 2.24 bits per heavy atom. The first kappa shape index (κ1) is 13.7. The zero-order valence-electron chi connectivity index (χ0n) is 10.9. The quantitative estimate of drug-likeness (QED) is 0.788. The van der Waals surface area contributed by atoms with E-state index in [1.165, 1.54) is 0 Å². The number of carbonyl (C=O) groups is 1. The van der Waals surface area contributed by atoms with Gasteiger partial charge in [-0.2, -0.15) is 0 Å². The number of hydrogen-bond donors (Lipinski definition) is 0. The van der Waals surface area contributed by atoms with Gasteiger partial charge in [0.1, 0.15) is 12.4 Å². The molecule has 0 aromatic heterocycles. The second-order valence-corrected chi connectivity index (χ2v) is 5.01. The molecule has 1 rings (SSSR count). The molecule has 0 bridgehead atoms. The Labute approximate surface area is 103 Å². The molecule has 0 aliphatic carbocycles. The summed E-state index contributed by atoms with van der Waals surface area (Å²) in [7, 11) is 1.63. The summed E-state index contributed by atoms with van der Waals surface area (Å²) in [6.45, 7) is 6.30. The van der Waals surface area contributed by atoms with Crippen molar-refractivity contribution in [1.29, 1.82) is 0 Å². The van der Waals surface area contributed by atoms with E-state index in [4.69, 9.17) is 9.47 Å². The third-order valence-electron chi connectivity index (χ3n) is 2.50. The van der Waals surface area contributed by atoms with Crippen LogP contribution >= 0.6 is 0 Å². The van der Waals surface area contributed by atoms with E-state index in [0.717, 1.165) is 11.3 Å². The zero-order chi connectivity index (χ0) is 12.9. The summed E-state index contributed by atoms with van der Waals surface area (Å²) in [4.78, 5) is 11.6. The fourth-order valence-electron chi connectivity index (χ4n) is 1.20. The van der Waals surface area contributed by atoms with Crippen LogP contribution in [0.3, 0.4) is 0 Å². The molecule has 1 aromatic rings. The molecule has 0 fully saturated rings. The Hall–Kier alpha value is -1.35. The number of carbonyl (C=O) groups excluding carboxylic acids is 1. The van der Waals surface area contributed by atoms with Gasteiger partial charge in [-0.05, 0) is 17.7 Å². The predicted octanol–water partition coefficient (Wildman–Crippen LogP) is 2.83. The molecule has 3 heteroatoms. The van der Waals surface area contributed by atoms with Crippen molar-refractivity contribution < 1.29 is 14.3 Å². The van der Waals surface area contributed by atoms with Gasteiger partial charge in [0.2, 0.25) is 0 Å². The summed E-state index contributed by atoms with van der Waals surface area (Å²) < 4.78 is 10.5. The normalized spacial score (nSPS) is 11.3. The van der Waals surface area contributed by atoms with E-state index in [1.807, 2.05) is 45.0 Å². The molecule has 3 nitrogen and oxygen atoms in total. The molecule has 0 heterocycles. The molecular formula is C14H20O3. The molecule has 0 aliphatic rings. The highest BCUT2D eigenvalue weighted by Crippen LogP contribution is 2.15. The highest BCUT2D eigenvalue weighted by molar-refractivity contribution is 5.84. The molecule has 0 N–H and O–H groups in total. The van der Waals surface area contributed by atoms with Gasteiger partial charge < -0.3 is 9.47 Å². The second kappa shape index (κ2) is 5.82. The summed E-state index contributed by atoms with van der Waals surface area (Å²) in [6, 6.07) is 7.62. The van der Waals surface area contributed by atoms with Crippen LogP contribution in [-0.2, 0) is 16.1 Å². The molecule has 94 valence electrons. The number of ketones is 1. The van der Waals surface area contributed by atoms with Crippen LogP contribution in [0.5, 0.6) is 5.75 Å². The van der Waals surface area contributed by atoms with E-state index in [2.05, 4.69) is 0 Å². The molecule has 0 spiro atoms. The number of rotatable bonds is 5. The lowest BCUT2D eigenvalue weighted by atomic mass is 9.91. The van der Waals surface area contributed by atoms with Crippen LogP contribution in [0.4, 0.5) is 0 Å². The zero-order valence-corrected chi connectivity index (χ0v) is 10.9. The molecular weight excluding hydrogens is 216 g/mol. The minimum absolute atomic E-state index is 0.117. The Balaban J connectivity index is 2.38. The first-order valence-electron chi connectivity index (χ1n) is 5.67. The van der Waals surface area contributed by atoms with Crippen molar-refractivity contribution in [3.63, 3.8) is 0 Å². The summed E-state index contributed by atoms with van der Waals surface area (Å²) in [6.07, 6.45) is 0. The van der Waals surface area contributed by atoms with Crippen LogP contribution in [0.25, 0.3) is 0 Å². The minimum atomic E-state index is -0.333. The highest BCUT2D eigenvalue weighted by Gasteiger charge is 2.20. The van der Waals surface area contributed by atoms with Gasteiger partial charge >= 0.3 is 0 Å². The first-order chi connectivity index (χ1) is 7.93. The summed E-state index contributed by atoms with van der Waals surface area (Å²) in [5.41, 5.74) is 0.701. The average Bonchev–Trinajstić information content (AvgIpc) is 2.28. The van der Waals surface area contributed by atoms with Gasteiger partial charge in [0, 0.05) is 5.41 Å². The number of benzene rings is 1. The van der Waals surface area contributed by atoms with Crippen LogP contribution in [0, 0.1) is 5.41 Å². The number of ether oxygens (including phenoxy) is 2. The Bertz CT molecular complexity index is 360. The summed E-state index contributed by atoms with van der Waals surface area (Å²) >= 11 is 0. The lowest BCUT2D eigenvalue weighted by Crippen LogP contribution is -2.24. The maximum Gasteiger partial charge on any atom is 0.163 e. The van der Waals surface area contributed by atoms with E-state index in [9.17, 15) is 4.79 Å². The predicted molar refractivity (Wildman–Crippen MR) is 67.1 cm³/mol. The van der Waals surface area contributed by atoms with Crippen molar-refractivity contribution >= 4 is 5.78 Å². The monoisotopic (exact) mass is 236 g/mol. The van der Waals surface area contributed by atoms with E-state index in [0.29, 0.717) is 6.61 Å². The SMILES string of the molecule is COc1ccc(COCC(=O)C(C)(C)C)cc1. The topological polar surface area (TPSA) is 35.5 Å². The van der Waals surface area contributed by atoms with Crippen LogP contribution in [-0.4, -0.2) is 19.5 Å². The van der Waals surface area contributed by atoms with Crippen molar-refractivity contribution in [3.8, 4) is 5.75 Å². The van der Waals surface area contributed by atoms with Crippen molar-refractivity contribution in [3.05, 3.63) is 29.8 Å².